The lowest BCUT2D eigenvalue weighted by molar-refractivity contribution is 0.210. The van der Waals surface area contributed by atoms with Crippen molar-refractivity contribution in [1.82, 2.24) is 9.55 Å². The van der Waals surface area contributed by atoms with Crippen molar-refractivity contribution in [2.75, 3.05) is 25.6 Å². The van der Waals surface area contributed by atoms with Gasteiger partial charge < -0.3 is 14.6 Å². The first-order valence-electron chi connectivity index (χ1n) is 7.54. The summed E-state index contributed by atoms with van der Waals surface area (Å²) < 4.78 is 7.27. The van der Waals surface area contributed by atoms with Crippen molar-refractivity contribution >= 4 is 5.95 Å². The quantitative estimate of drug-likeness (QED) is 0.622. The van der Waals surface area contributed by atoms with Crippen LogP contribution in [0.2, 0.25) is 0 Å². The van der Waals surface area contributed by atoms with Gasteiger partial charge in [-0.05, 0) is 13.3 Å². The summed E-state index contributed by atoms with van der Waals surface area (Å²) >= 11 is 0. The fourth-order valence-electron chi connectivity index (χ4n) is 2.19. The molecule has 0 spiro atoms. The van der Waals surface area contributed by atoms with Crippen LogP contribution in [-0.4, -0.2) is 29.8 Å². The van der Waals surface area contributed by atoms with E-state index >= 15 is 0 Å². The minimum absolute atomic E-state index is 0.711. The van der Waals surface area contributed by atoms with E-state index in [0.29, 0.717) is 6.61 Å². The molecule has 1 aromatic rings. The van der Waals surface area contributed by atoms with Gasteiger partial charge in [-0.15, -0.1) is 0 Å². The molecule has 4 nitrogen and oxygen atoms in total. The zero-order valence-electron chi connectivity index (χ0n) is 12.7. The van der Waals surface area contributed by atoms with Crippen molar-refractivity contribution in [1.29, 1.82) is 0 Å². The lowest BCUT2D eigenvalue weighted by atomic mass is 10.1. The van der Waals surface area contributed by atoms with Crippen LogP contribution in [0.4, 0.5) is 5.95 Å². The first-order chi connectivity index (χ1) is 9.27. The van der Waals surface area contributed by atoms with Gasteiger partial charge in [0.2, 0.25) is 5.95 Å². The van der Waals surface area contributed by atoms with Crippen LogP contribution >= 0.6 is 0 Å². The van der Waals surface area contributed by atoms with Crippen LogP contribution in [-0.2, 0) is 11.3 Å². The molecular weight excluding hydrogens is 238 g/mol. The van der Waals surface area contributed by atoms with Gasteiger partial charge in [0.15, 0.2) is 0 Å². The second kappa shape index (κ2) is 9.84. The standard InChI is InChI=1S/C15H29N3O/c1-4-5-6-7-8-9-11-18-13-14(2)17-15(18)16-10-12-19-3/h13H,4-12H2,1-3H3,(H,16,17). The van der Waals surface area contributed by atoms with Crippen molar-refractivity contribution < 1.29 is 4.74 Å². The number of anilines is 1. The smallest absolute Gasteiger partial charge is 0.203 e. The number of nitrogens with zero attached hydrogens (tertiary/aromatic N) is 2. The third-order valence-electron chi connectivity index (χ3n) is 3.24. The van der Waals surface area contributed by atoms with E-state index in [9.17, 15) is 0 Å². The molecule has 1 aromatic heterocycles. The van der Waals surface area contributed by atoms with Crippen molar-refractivity contribution in [3.8, 4) is 0 Å². The number of hydrogen-bond donors (Lipinski definition) is 1. The summed E-state index contributed by atoms with van der Waals surface area (Å²) in [6.45, 7) is 6.88. The zero-order valence-corrected chi connectivity index (χ0v) is 12.7. The number of rotatable bonds is 11. The average Bonchev–Trinajstić information content (AvgIpc) is 2.74. The fraction of sp³-hybridized carbons (Fsp3) is 0.800. The van der Waals surface area contributed by atoms with Crippen LogP contribution in [0.1, 0.15) is 51.1 Å². The van der Waals surface area contributed by atoms with E-state index in [-0.39, 0.29) is 0 Å². The first-order valence-corrected chi connectivity index (χ1v) is 7.54. The molecule has 0 bridgehead atoms. The number of aryl methyl sites for hydroxylation is 2. The maximum absolute atomic E-state index is 5.05. The Hall–Kier alpha value is -1.03. The number of nitrogens with one attached hydrogen (secondary N) is 1. The van der Waals surface area contributed by atoms with Crippen molar-refractivity contribution in [3.63, 3.8) is 0 Å². The number of aromatic nitrogens is 2. The van der Waals surface area contributed by atoms with Crippen LogP contribution in [0.3, 0.4) is 0 Å². The van der Waals surface area contributed by atoms with Gasteiger partial charge in [0, 0.05) is 26.4 Å². The van der Waals surface area contributed by atoms with Crippen LogP contribution < -0.4 is 5.32 Å². The van der Waals surface area contributed by atoms with Gasteiger partial charge in [0.05, 0.1) is 12.3 Å². The molecule has 19 heavy (non-hydrogen) atoms. The SMILES string of the molecule is CCCCCCCCn1cc(C)nc1NCCOC. The topological polar surface area (TPSA) is 39.1 Å². The molecule has 0 unspecified atom stereocenters. The highest BCUT2D eigenvalue weighted by Crippen LogP contribution is 2.11. The van der Waals surface area contributed by atoms with Crippen LogP contribution in [0.25, 0.3) is 0 Å². The summed E-state index contributed by atoms with van der Waals surface area (Å²) in [7, 11) is 1.72. The van der Waals surface area contributed by atoms with Gasteiger partial charge in [-0.1, -0.05) is 39.0 Å². The average molecular weight is 267 g/mol. The lowest BCUT2D eigenvalue weighted by Gasteiger charge is -2.09. The fourth-order valence-corrected chi connectivity index (χ4v) is 2.19. The lowest BCUT2D eigenvalue weighted by Crippen LogP contribution is -2.12. The predicted octanol–water partition coefficient (Wildman–Crippen LogP) is 3.61. The van der Waals surface area contributed by atoms with E-state index in [2.05, 4.69) is 28.0 Å². The maximum Gasteiger partial charge on any atom is 0.203 e. The second-order valence-corrected chi connectivity index (χ2v) is 5.09. The summed E-state index contributed by atoms with van der Waals surface area (Å²) in [4.78, 5) is 4.51. The minimum Gasteiger partial charge on any atom is -0.383 e. The molecule has 0 aliphatic rings. The van der Waals surface area contributed by atoms with Gasteiger partial charge in [0.1, 0.15) is 0 Å². The molecule has 1 heterocycles. The molecule has 0 amide bonds. The zero-order chi connectivity index (χ0) is 13.9. The molecule has 0 aliphatic carbocycles. The Balaban J connectivity index is 2.27. The molecule has 0 aromatic carbocycles. The van der Waals surface area contributed by atoms with Crippen molar-refractivity contribution in [3.05, 3.63) is 11.9 Å². The summed E-state index contributed by atoms with van der Waals surface area (Å²) in [5, 5.41) is 3.32. The molecule has 0 radical (unpaired) electrons. The number of unbranched alkanes of at least 4 members (excludes halogenated alkanes) is 5. The van der Waals surface area contributed by atoms with Crippen LogP contribution in [0.15, 0.2) is 6.20 Å². The highest BCUT2D eigenvalue weighted by molar-refractivity contribution is 5.28. The monoisotopic (exact) mass is 267 g/mol. The third kappa shape index (κ3) is 6.62. The van der Waals surface area contributed by atoms with Gasteiger partial charge in [-0.2, -0.15) is 0 Å². The highest BCUT2D eigenvalue weighted by Gasteiger charge is 2.04. The van der Waals surface area contributed by atoms with Crippen molar-refractivity contribution in [2.24, 2.45) is 0 Å². The number of methoxy groups -OCH3 is 1. The Kier molecular flexibility index (Phi) is 8.30. The van der Waals surface area contributed by atoms with E-state index < -0.39 is 0 Å². The summed E-state index contributed by atoms with van der Waals surface area (Å²) in [5.41, 5.74) is 1.07. The normalized spacial score (nSPS) is 10.9. The molecule has 110 valence electrons. The number of ether oxygens (including phenoxy) is 1. The molecule has 0 atom stereocenters. The van der Waals surface area contributed by atoms with Gasteiger partial charge in [-0.25, -0.2) is 4.98 Å². The predicted molar refractivity (Wildman–Crippen MR) is 80.7 cm³/mol. The summed E-state index contributed by atoms with van der Waals surface area (Å²) in [6, 6.07) is 0. The Morgan fingerprint density at radius 2 is 1.95 bits per heavy atom. The molecule has 4 heteroatoms. The summed E-state index contributed by atoms with van der Waals surface area (Å²) in [6.07, 6.45) is 10.1. The molecular formula is C15H29N3O. The van der Waals surface area contributed by atoms with Crippen molar-refractivity contribution in [2.45, 2.75) is 58.9 Å². The van der Waals surface area contributed by atoms with Crippen LogP contribution in [0.5, 0.6) is 0 Å². The third-order valence-corrected chi connectivity index (χ3v) is 3.24. The minimum atomic E-state index is 0.711. The number of hydrogen-bond acceptors (Lipinski definition) is 3. The number of imidazole rings is 1. The molecule has 0 saturated heterocycles. The Labute approximate surface area is 117 Å². The van der Waals surface area contributed by atoms with Gasteiger partial charge >= 0.3 is 0 Å². The maximum atomic E-state index is 5.05. The van der Waals surface area contributed by atoms with Gasteiger partial charge in [-0.3, -0.25) is 0 Å². The second-order valence-electron chi connectivity index (χ2n) is 5.09. The summed E-state index contributed by atoms with van der Waals surface area (Å²) in [5.74, 6) is 0.975. The Morgan fingerprint density at radius 1 is 1.21 bits per heavy atom. The molecule has 1 rings (SSSR count). The van der Waals surface area contributed by atoms with E-state index in [0.717, 1.165) is 24.7 Å². The van der Waals surface area contributed by atoms with E-state index in [1.165, 1.54) is 38.5 Å². The molecule has 0 aliphatic heterocycles. The van der Waals surface area contributed by atoms with E-state index in [4.69, 9.17) is 4.74 Å². The molecule has 0 fully saturated rings. The van der Waals surface area contributed by atoms with E-state index in [1.54, 1.807) is 7.11 Å². The molecule has 1 N–H and O–H groups in total. The first kappa shape index (κ1) is 16.0. The molecule has 0 saturated carbocycles. The van der Waals surface area contributed by atoms with E-state index in [1.807, 2.05) is 6.92 Å². The largest absolute Gasteiger partial charge is 0.383 e. The Bertz CT molecular complexity index is 336. The Morgan fingerprint density at radius 3 is 2.68 bits per heavy atom. The van der Waals surface area contributed by atoms with Crippen LogP contribution in [0, 0.1) is 6.92 Å². The highest BCUT2D eigenvalue weighted by atomic mass is 16.5. The van der Waals surface area contributed by atoms with Gasteiger partial charge in [0.25, 0.3) is 0 Å².